The first-order valence-electron chi connectivity index (χ1n) is 7.77. The van der Waals surface area contributed by atoms with Gasteiger partial charge in [-0.1, -0.05) is 69.6 Å². The van der Waals surface area contributed by atoms with Crippen LogP contribution in [0.1, 0.15) is 11.6 Å². The van der Waals surface area contributed by atoms with Crippen molar-refractivity contribution in [1.29, 1.82) is 0 Å². The summed E-state index contributed by atoms with van der Waals surface area (Å²) in [7, 11) is 3.01. The van der Waals surface area contributed by atoms with Gasteiger partial charge in [0.1, 0.15) is 0 Å². The number of methoxy groups -OCH3 is 2. The molecule has 3 rings (SSSR count). The van der Waals surface area contributed by atoms with E-state index in [1.165, 1.54) is 14.2 Å². The Kier molecular flexibility index (Phi) is 8.90. The average Bonchev–Trinajstić information content (AvgIpc) is 2.73. The Morgan fingerprint density at radius 1 is 0.733 bits per heavy atom. The Hall–Kier alpha value is -1.42. The topological polar surface area (TPSA) is 95.8 Å². The van der Waals surface area contributed by atoms with Crippen LogP contribution in [-0.4, -0.2) is 44.6 Å². The van der Waals surface area contributed by atoms with Gasteiger partial charge in [-0.3, -0.25) is 0 Å². The zero-order valence-corrected chi connectivity index (χ0v) is 19.8. The van der Waals surface area contributed by atoms with E-state index < -0.39 is 7.59 Å². The Balaban J connectivity index is 0.000000456. The number of hydrogen-bond donors (Lipinski definition) is 0. The molecule has 0 unspecified atom stereocenters. The SMILES string of the molecule is COc1ccc(-c2nc(C(Cl)(Cl)Cl)nc(C(Cl)(Cl)Cl)n2)cc1OC.c1cnnnc1. The van der Waals surface area contributed by atoms with Crippen LogP contribution in [0.15, 0.2) is 36.7 Å². The molecule has 0 spiro atoms. The van der Waals surface area contributed by atoms with Crippen LogP contribution < -0.4 is 9.47 Å². The van der Waals surface area contributed by atoms with Crippen molar-refractivity contribution in [2.24, 2.45) is 0 Å². The van der Waals surface area contributed by atoms with Gasteiger partial charge in [-0.2, -0.15) is 0 Å². The van der Waals surface area contributed by atoms with Gasteiger partial charge in [-0.25, -0.2) is 15.0 Å². The number of benzene rings is 1. The molecule has 0 bridgehead atoms. The minimum atomic E-state index is -1.92. The molecule has 0 saturated carbocycles. The van der Waals surface area contributed by atoms with Crippen molar-refractivity contribution >= 4 is 69.6 Å². The molecule has 0 aliphatic rings. The Labute approximate surface area is 201 Å². The van der Waals surface area contributed by atoms with E-state index in [1.807, 2.05) is 0 Å². The molecule has 1 aromatic carbocycles. The lowest BCUT2D eigenvalue weighted by molar-refractivity contribution is 0.355. The van der Waals surface area contributed by atoms with E-state index in [9.17, 15) is 0 Å². The van der Waals surface area contributed by atoms with Crippen molar-refractivity contribution in [3.63, 3.8) is 0 Å². The fourth-order valence-corrected chi connectivity index (χ4v) is 2.45. The van der Waals surface area contributed by atoms with E-state index in [4.69, 9.17) is 79.1 Å². The number of nitrogens with zero attached hydrogens (tertiary/aromatic N) is 6. The summed E-state index contributed by atoms with van der Waals surface area (Å²) >= 11 is 35.1. The molecule has 30 heavy (non-hydrogen) atoms. The smallest absolute Gasteiger partial charge is 0.250 e. The summed E-state index contributed by atoms with van der Waals surface area (Å²) in [5.74, 6) is 0.788. The van der Waals surface area contributed by atoms with Crippen molar-refractivity contribution in [2.45, 2.75) is 7.59 Å². The van der Waals surface area contributed by atoms with Crippen molar-refractivity contribution in [3.05, 3.63) is 48.3 Å². The molecule has 160 valence electrons. The van der Waals surface area contributed by atoms with Gasteiger partial charge >= 0.3 is 0 Å². The van der Waals surface area contributed by atoms with Crippen LogP contribution in [0.3, 0.4) is 0 Å². The first kappa shape index (κ1) is 24.8. The third kappa shape index (κ3) is 7.08. The van der Waals surface area contributed by atoms with Crippen LogP contribution in [0.2, 0.25) is 0 Å². The summed E-state index contributed by atoms with van der Waals surface area (Å²) in [4.78, 5) is 12.2. The molecule has 8 nitrogen and oxygen atoms in total. The number of alkyl halides is 6. The zero-order chi connectivity index (χ0) is 22.4. The lowest BCUT2D eigenvalue weighted by atomic mass is 10.2. The number of aromatic nitrogens is 6. The van der Waals surface area contributed by atoms with Gasteiger partial charge in [-0.05, 0) is 29.5 Å². The molecule has 0 aliphatic carbocycles. The molecule has 0 aliphatic heterocycles. The first-order chi connectivity index (χ1) is 14.1. The predicted octanol–water partition coefficient (Wildman–Crippen LogP) is 5.08. The van der Waals surface area contributed by atoms with E-state index in [1.54, 1.807) is 36.7 Å². The second kappa shape index (κ2) is 10.7. The number of ether oxygens (including phenoxy) is 2. The largest absolute Gasteiger partial charge is 0.493 e. The summed E-state index contributed by atoms with van der Waals surface area (Å²) < 4.78 is 6.58. The van der Waals surface area contributed by atoms with Gasteiger partial charge in [-0.15, -0.1) is 10.2 Å². The molecule has 0 saturated heterocycles. The van der Waals surface area contributed by atoms with E-state index in [0.29, 0.717) is 17.1 Å². The average molecular weight is 533 g/mol. The molecular weight excluding hydrogens is 521 g/mol. The van der Waals surface area contributed by atoms with Crippen LogP contribution in [0.4, 0.5) is 0 Å². The molecule has 0 N–H and O–H groups in total. The molecule has 0 fully saturated rings. The predicted molar refractivity (Wildman–Crippen MR) is 117 cm³/mol. The lowest BCUT2D eigenvalue weighted by Crippen LogP contribution is -2.16. The second-order valence-electron chi connectivity index (χ2n) is 5.18. The van der Waals surface area contributed by atoms with Crippen LogP contribution in [0, 0.1) is 0 Å². The van der Waals surface area contributed by atoms with Gasteiger partial charge in [0.15, 0.2) is 29.0 Å². The summed E-state index contributed by atoms with van der Waals surface area (Å²) in [6.45, 7) is 0. The molecule has 0 atom stereocenters. The molecule has 14 heteroatoms. The van der Waals surface area contributed by atoms with Crippen LogP contribution >= 0.6 is 69.6 Å². The molecule has 0 radical (unpaired) electrons. The normalized spacial score (nSPS) is 11.3. The summed E-state index contributed by atoms with van der Waals surface area (Å²) in [5, 5.41) is 10.1. The Morgan fingerprint density at radius 3 is 1.63 bits per heavy atom. The fourth-order valence-electron chi connectivity index (χ4n) is 1.94. The van der Waals surface area contributed by atoms with Gasteiger partial charge in [0.05, 0.1) is 26.6 Å². The minimum Gasteiger partial charge on any atom is -0.493 e. The molecule has 0 amide bonds. The monoisotopic (exact) mass is 530 g/mol. The van der Waals surface area contributed by atoms with Crippen molar-refractivity contribution in [1.82, 2.24) is 30.4 Å². The van der Waals surface area contributed by atoms with Gasteiger partial charge < -0.3 is 9.47 Å². The maximum Gasteiger partial charge on any atom is 0.250 e. The highest BCUT2D eigenvalue weighted by molar-refractivity contribution is 6.67. The highest BCUT2D eigenvalue weighted by atomic mass is 35.6. The van der Waals surface area contributed by atoms with Gasteiger partial charge in [0.25, 0.3) is 0 Å². The maximum absolute atomic E-state index is 5.85. The summed E-state index contributed by atoms with van der Waals surface area (Å²) in [6.07, 6.45) is 3.15. The quantitative estimate of drug-likeness (QED) is 0.431. The zero-order valence-electron chi connectivity index (χ0n) is 15.2. The highest BCUT2D eigenvalue weighted by Crippen LogP contribution is 2.41. The number of halogens is 6. The molecule has 3 aromatic rings. The third-order valence-electron chi connectivity index (χ3n) is 3.19. The Bertz CT molecular complexity index is 910. The standard InChI is InChI=1S/C13H9Cl6N3O2.C3H3N3/c1-23-7-4-3-6(5-8(7)24-2)9-20-10(12(14,15)16)22-11(21-9)13(17,18)19;1-2-4-6-5-3-1/h3-5H,1-2H3;1-3H. The van der Waals surface area contributed by atoms with Crippen molar-refractivity contribution in [3.8, 4) is 22.9 Å². The van der Waals surface area contributed by atoms with E-state index in [-0.39, 0.29) is 17.5 Å². The minimum absolute atomic E-state index is 0.147. The molecule has 2 heterocycles. The highest BCUT2D eigenvalue weighted by Gasteiger charge is 2.34. The number of hydrogen-bond acceptors (Lipinski definition) is 8. The fraction of sp³-hybridized carbons (Fsp3) is 0.250. The van der Waals surface area contributed by atoms with Gasteiger partial charge in [0, 0.05) is 5.56 Å². The third-order valence-corrected chi connectivity index (χ3v) is 4.21. The van der Waals surface area contributed by atoms with Crippen LogP contribution in [0.5, 0.6) is 11.5 Å². The lowest BCUT2D eigenvalue weighted by Gasteiger charge is -2.16. The van der Waals surface area contributed by atoms with E-state index in [0.717, 1.165) is 0 Å². The van der Waals surface area contributed by atoms with Crippen molar-refractivity contribution < 1.29 is 9.47 Å². The number of rotatable bonds is 3. The maximum atomic E-state index is 5.85. The summed E-state index contributed by atoms with van der Waals surface area (Å²) in [5.41, 5.74) is 0.529. The molecular formula is C16H12Cl6N6O2. The van der Waals surface area contributed by atoms with E-state index >= 15 is 0 Å². The van der Waals surface area contributed by atoms with Crippen LogP contribution in [0.25, 0.3) is 11.4 Å². The van der Waals surface area contributed by atoms with Gasteiger partial charge in [0.2, 0.25) is 7.59 Å². The van der Waals surface area contributed by atoms with Crippen molar-refractivity contribution in [2.75, 3.05) is 14.2 Å². The molecule has 2 aromatic heterocycles. The van der Waals surface area contributed by atoms with E-state index in [2.05, 4.69) is 30.4 Å². The summed E-state index contributed by atoms with van der Waals surface area (Å²) in [6, 6.07) is 6.70. The van der Waals surface area contributed by atoms with Crippen LogP contribution in [-0.2, 0) is 7.59 Å². The first-order valence-corrected chi connectivity index (χ1v) is 10.0. The second-order valence-corrected chi connectivity index (χ2v) is 9.74. The Morgan fingerprint density at radius 2 is 1.27 bits per heavy atom.